The fraction of sp³-hybridized carbons (Fsp3) is 0.387. The number of allylic oxidation sites excluding steroid dienone is 1. The third kappa shape index (κ3) is 3.97. The molecule has 1 amide bonds. The first-order valence-electron chi connectivity index (χ1n) is 13.2. The molecule has 6 nitrogen and oxygen atoms in total. The Morgan fingerprint density at radius 3 is 2.00 bits per heavy atom. The Morgan fingerprint density at radius 1 is 0.850 bits per heavy atom. The number of hydrogen-bond acceptors (Lipinski definition) is 3. The van der Waals surface area contributed by atoms with Crippen molar-refractivity contribution in [1.82, 2.24) is 9.78 Å². The van der Waals surface area contributed by atoms with Gasteiger partial charge in [0.25, 0.3) is 11.5 Å². The largest absolute Gasteiger partial charge is 0.411 e. The van der Waals surface area contributed by atoms with Crippen molar-refractivity contribution >= 4 is 17.4 Å². The number of aromatic amines is 1. The van der Waals surface area contributed by atoms with E-state index in [1.807, 2.05) is 32.9 Å². The van der Waals surface area contributed by atoms with Crippen LogP contribution in [0.2, 0.25) is 0 Å². The van der Waals surface area contributed by atoms with Crippen molar-refractivity contribution in [2.45, 2.75) is 71.4 Å². The maximum Gasteiger partial charge on any atom is 0.411 e. The van der Waals surface area contributed by atoms with E-state index in [-0.39, 0.29) is 35.3 Å². The van der Waals surface area contributed by atoms with Gasteiger partial charge in [-0.1, -0.05) is 65.0 Å². The molecule has 9 heteroatoms. The molecule has 3 aromatic rings. The maximum atomic E-state index is 15.5. The SMILES string of the molecule is Cc1[nH]n(-c2ccc(C(C)(C)C)cc2)c(=O)c1C1(C(F)(F)F)C(=O)N(c2ccccc2)C2=C1C(=O)CC(C)(C)C2. The molecule has 40 heavy (non-hydrogen) atoms. The van der Waals surface area contributed by atoms with Crippen LogP contribution in [0.5, 0.6) is 0 Å². The number of halogens is 3. The lowest BCUT2D eigenvalue weighted by molar-refractivity contribution is -0.184. The summed E-state index contributed by atoms with van der Waals surface area (Å²) in [6, 6.07) is 14.9. The molecule has 0 fully saturated rings. The number of ketones is 1. The zero-order valence-electron chi connectivity index (χ0n) is 23.4. The van der Waals surface area contributed by atoms with Gasteiger partial charge in [0.1, 0.15) is 0 Å². The van der Waals surface area contributed by atoms with Crippen molar-refractivity contribution < 1.29 is 22.8 Å². The minimum Gasteiger partial charge on any atom is -0.295 e. The van der Waals surface area contributed by atoms with Crippen LogP contribution in [0, 0.1) is 12.3 Å². The fourth-order valence-corrected chi connectivity index (χ4v) is 6.07. The second-order valence-corrected chi connectivity index (χ2v) is 12.5. The van der Waals surface area contributed by atoms with Crippen molar-refractivity contribution in [3.05, 3.63) is 93.0 Å². The number of nitrogens with zero attached hydrogens (tertiary/aromatic N) is 2. The van der Waals surface area contributed by atoms with Gasteiger partial charge in [0, 0.05) is 29.1 Å². The number of alkyl halides is 3. The molecule has 210 valence electrons. The number of Topliss-reactive ketones (excluding diaryl/α,β-unsaturated/α-hetero) is 1. The van der Waals surface area contributed by atoms with Gasteiger partial charge in [-0.2, -0.15) is 13.2 Å². The van der Waals surface area contributed by atoms with Gasteiger partial charge in [-0.25, -0.2) is 4.68 Å². The van der Waals surface area contributed by atoms with Crippen molar-refractivity contribution in [2.24, 2.45) is 5.41 Å². The van der Waals surface area contributed by atoms with Crippen LogP contribution in [0.4, 0.5) is 18.9 Å². The molecule has 1 unspecified atom stereocenters. The fourth-order valence-electron chi connectivity index (χ4n) is 6.07. The zero-order valence-corrected chi connectivity index (χ0v) is 23.4. The number of nitrogens with one attached hydrogen (secondary N) is 1. The molecule has 1 atom stereocenters. The Bertz CT molecular complexity index is 1600. The Morgan fingerprint density at radius 2 is 1.45 bits per heavy atom. The average Bonchev–Trinajstić information content (AvgIpc) is 3.28. The number of rotatable bonds is 3. The summed E-state index contributed by atoms with van der Waals surface area (Å²) >= 11 is 0. The van der Waals surface area contributed by atoms with Crippen LogP contribution in [-0.4, -0.2) is 27.6 Å². The molecule has 1 aliphatic heterocycles. The molecular formula is C31H32F3N3O3. The highest BCUT2D eigenvalue weighted by Crippen LogP contribution is 2.58. The third-order valence-electron chi connectivity index (χ3n) is 7.90. The summed E-state index contributed by atoms with van der Waals surface area (Å²) in [5.41, 5.74) is -5.36. The Labute approximate surface area is 230 Å². The molecule has 2 aromatic carbocycles. The zero-order chi connectivity index (χ0) is 29.4. The van der Waals surface area contributed by atoms with Gasteiger partial charge in [0.15, 0.2) is 5.78 Å². The monoisotopic (exact) mass is 551 g/mol. The van der Waals surface area contributed by atoms with Gasteiger partial charge in [-0.05, 0) is 54.0 Å². The summed E-state index contributed by atoms with van der Waals surface area (Å²) in [4.78, 5) is 42.8. The number of aryl methyl sites for hydroxylation is 1. The summed E-state index contributed by atoms with van der Waals surface area (Å²) in [6.45, 7) is 11.0. The highest BCUT2D eigenvalue weighted by molar-refractivity contribution is 6.20. The number of carbonyl (C=O) groups excluding carboxylic acids is 2. The summed E-state index contributed by atoms with van der Waals surface area (Å²) in [7, 11) is 0. The lowest BCUT2D eigenvalue weighted by Crippen LogP contribution is -2.55. The first-order valence-corrected chi connectivity index (χ1v) is 13.2. The molecule has 2 heterocycles. The quantitative estimate of drug-likeness (QED) is 0.418. The van der Waals surface area contributed by atoms with E-state index >= 15 is 13.2 Å². The predicted molar refractivity (Wildman–Crippen MR) is 147 cm³/mol. The van der Waals surface area contributed by atoms with Crippen molar-refractivity contribution in [1.29, 1.82) is 0 Å². The van der Waals surface area contributed by atoms with Gasteiger partial charge < -0.3 is 0 Å². The lowest BCUT2D eigenvalue weighted by Gasteiger charge is -2.35. The smallest absolute Gasteiger partial charge is 0.295 e. The molecule has 1 aromatic heterocycles. The van der Waals surface area contributed by atoms with E-state index in [1.54, 1.807) is 44.2 Å². The summed E-state index contributed by atoms with van der Waals surface area (Å²) < 4.78 is 47.6. The van der Waals surface area contributed by atoms with Crippen LogP contribution in [0.1, 0.15) is 64.3 Å². The van der Waals surface area contributed by atoms with E-state index in [4.69, 9.17) is 0 Å². The summed E-state index contributed by atoms with van der Waals surface area (Å²) in [5, 5.41) is 2.76. The molecule has 2 aliphatic rings. The Kier molecular flexibility index (Phi) is 6.10. The molecule has 0 radical (unpaired) electrons. The van der Waals surface area contributed by atoms with Crippen molar-refractivity contribution in [3.63, 3.8) is 0 Å². The van der Waals surface area contributed by atoms with Gasteiger partial charge in [-0.3, -0.25) is 24.4 Å². The number of aromatic nitrogens is 2. The number of carbonyl (C=O) groups is 2. The van der Waals surface area contributed by atoms with Crippen LogP contribution in [0.3, 0.4) is 0 Å². The van der Waals surface area contributed by atoms with Crippen LogP contribution in [-0.2, 0) is 20.4 Å². The molecule has 5 rings (SSSR count). The second kappa shape index (κ2) is 8.81. The van der Waals surface area contributed by atoms with Crippen LogP contribution >= 0.6 is 0 Å². The maximum absolute atomic E-state index is 15.5. The molecular weight excluding hydrogens is 519 g/mol. The van der Waals surface area contributed by atoms with E-state index in [0.717, 1.165) is 15.1 Å². The highest BCUT2D eigenvalue weighted by atomic mass is 19.4. The average molecular weight is 552 g/mol. The number of amides is 1. The summed E-state index contributed by atoms with van der Waals surface area (Å²) in [5.74, 6) is -2.15. The normalized spacial score (nSPS) is 21.3. The highest BCUT2D eigenvalue weighted by Gasteiger charge is 2.73. The summed E-state index contributed by atoms with van der Waals surface area (Å²) in [6.07, 6.45) is -5.38. The lowest BCUT2D eigenvalue weighted by atomic mass is 9.66. The van der Waals surface area contributed by atoms with Crippen LogP contribution in [0.25, 0.3) is 5.69 Å². The molecule has 1 N–H and O–H groups in total. The second-order valence-electron chi connectivity index (χ2n) is 12.5. The number of benzene rings is 2. The van der Waals surface area contributed by atoms with Gasteiger partial charge in [0.05, 0.1) is 11.3 Å². The van der Waals surface area contributed by atoms with Gasteiger partial charge in [0.2, 0.25) is 5.41 Å². The first-order chi connectivity index (χ1) is 18.5. The number of hydrogen-bond donors (Lipinski definition) is 1. The molecule has 0 bridgehead atoms. The van der Waals surface area contributed by atoms with Crippen molar-refractivity contribution in [2.75, 3.05) is 4.90 Å². The van der Waals surface area contributed by atoms with Gasteiger partial charge in [-0.15, -0.1) is 0 Å². The van der Waals surface area contributed by atoms with E-state index < -0.39 is 45.4 Å². The standard InChI is InChI=1S/C31H32F3N3O3/c1-18-24(26(39)37(35-18)21-14-12-19(13-15-21)28(2,3)4)30(31(32,33)34)25-22(16-29(5,6)17-23(25)38)36(27(30)40)20-10-8-7-9-11-20/h7-15,35H,16-17H2,1-6H3. The van der Waals surface area contributed by atoms with E-state index in [9.17, 15) is 14.4 Å². The van der Waals surface area contributed by atoms with E-state index in [1.165, 1.54) is 19.1 Å². The number of anilines is 1. The van der Waals surface area contributed by atoms with Crippen molar-refractivity contribution in [3.8, 4) is 5.69 Å². The molecule has 0 spiro atoms. The topological polar surface area (TPSA) is 75.2 Å². The Hall–Kier alpha value is -3.88. The number of H-pyrrole nitrogens is 1. The van der Waals surface area contributed by atoms with Gasteiger partial charge >= 0.3 is 6.18 Å². The Balaban J connectivity index is 1.81. The molecule has 1 aliphatic carbocycles. The van der Waals surface area contributed by atoms with E-state index in [0.29, 0.717) is 5.69 Å². The molecule has 0 saturated heterocycles. The number of para-hydroxylation sites is 1. The third-order valence-corrected chi connectivity index (χ3v) is 7.90. The van der Waals surface area contributed by atoms with Crippen LogP contribution < -0.4 is 10.5 Å². The minimum atomic E-state index is -5.27. The molecule has 0 saturated carbocycles. The minimum absolute atomic E-state index is 0.00384. The predicted octanol–water partition coefficient (Wildman–Crippen LogP) is 6.26. The van der Waals surface area contributed by atoms with E-state index in [2.05, 4.69) is 5.10 Å². The first kappa shape index (κ1) is 27.7. The van der Waals surface area contributed by atoms with Crippen LogP contribution in [0.15, 0.2) is 70.7 Å².